The van der Waals surface area contributed by atoms with Crippen LogP contribution in [0.1, 0.15) is 13.3 Å². The zero-order valence-corrected chi connectivity index (χ0v) is 13.1. The van der Waals surface area contributed by atoms with Crippen LogP contribution in [-0.4, -0.2) is 31.5 Å². The van der Waals surface area contributed by atoms with Gasteiger partial charge in [0.15, 0.2) is 5.82 Å². The Hall–Kier alpha value is -0.540. The summed E-state index contributed by atoms with van der Waals surface area (Å²) in [5, 5.41) is 0.552. The number of pyridine rings is 1. The van der Waals surface area contributed by atoms with E-state index in [0.717, 1.165) is 6.42 Å². The van der Waals surface area contributed by atoms with Gasteiger partial charge in [-0.2, -0.15) is 11.8 Å². The molecule has 0 aromatic carbocycles. The molecule has 0 radical (unpaired) electrons. The molecule has 108 valence electrons. The topological polar surface area (TPSA) is 97.1 Å². The molecule has 0 fully saturated rings. The number of thioether (sulfide) groups is 1. The fraction of sp³-hybridized carbons (Fsp3) is 0.500. The minimum Gasteiger partial charge on any atom is -0.307 e. The first kappa shape index (κ1) is 16.5. The number of rotatable bonds is 7. The number of halogens is 1. The van der Waals surface area contributed by atoms with Crippen LogP contribution in [0.4, 0.5) is 5.82 Å². The fourth-order valence-electron chi connectivity index (χ4n) is 1.27. The predicted molar refractivity (Wildman–Crippen MR) is 79.8 cm³/mol. The van der Waals surface area contributed by atoms with Crippen molar-refractivity contribution in [3.8, 4) is 0 Å². The zero-order valence-electron chi connectivity index (χ0n) is 10.7. The number of aromatic nitrogens is 1. The van der Waals surface area contributed by atoms with Crippen molar-refractivity contribution in [3.05, 3.63) is 17.3 Å². The molecule has 0 spiro atoms. The van der Waals surface area contributed by atoms with Crippen molar-refractivity contribution >= 4 is 39.2 Å². The molecule has 1 aromatic heterocycles. The van der Waals surface area contributed by atoms with Crippen LogP contribution in [0.25, 0.3) is 0 Å². The third kappa shape index (κ3) is 4.81. The summed E-state index contributed by atoms with van der Waals surface area (Å²) in [4.78, 5) is 3.85. The maximum absolute atomic E-state index is 12.0. The Morgan fingerprint density at radius 1 is 1.58 bits per heavy atom. The number of anilines is 1. The van der Waals surface area contributed by atoms with Crippen LogP contribution >= 0.6 is 23.4 Å². The van der Waals surface area contributed by atoms with Crippen LogP contribution in [0.3, 0.4) is 0 Å². The van der Waals surface area contributed by atoms with Gasteiger partial charge in [0.05, 0.1) is 5.02 Å². The summed E-state index contributed by atoms with van der Waals surface area (Å²) in [6.45, 7) is 2.41. The lowest BCUT2D eigenvalue weighted by atomic mass is 10.3. The minimum atomic E-state index is -3.59. The van der Waals surface area contributed by atoms with Crippen LogP contribution in [0.15, 0.2) is 17.2 Å². The first-order valence-corrected chi connectivity index (χ1v) is 8.70. The first-order valence-electron chi connectivity index (χ1n) is 5.55. The molecule has 9 heteroatoms. The third-order valence-corrected chi connectivity index (χ3v) is 5.27. The number of nitrogen functional groups attached to an aromatic ring is 1. The van der Waals surface area contributed by atoms with Crippen LogP contribution in [-0.2, 0) is 10.0 Å². The number of hydrogen-bond donors (Lipinski definition) is 3. The molecule has 1 unspecified atom stereocenters. The van der Waals surface area contributed by atoms with Gasteiger partial charge in [-0.3, -0.25) is 0 Å². The largest absolute Gasteiger partial charge is 0.307 e. The number of nitrogens with one attached hydrogen (secondary N) is 2. The summed E-state index contributed by atoms with van der Waals surface area (Å²) in [5.74, 6) is 5.41. The highest BCUT2D eigenvalue weighted by Gasteiger charge is 2.16. The quantitative estimate of drug-likeness (QED) is 0.518. The molecule has 19 heavy (non-hydrogen) atoms. The summed E-state index contributed by atoms with van der Waals surface area (Å²) in [5.41, 5.74) is 2.28. The lowest BCUT2D eigenvalue weighted by molar-refractivity contribution is 0.578. The first-order chi connectivity index (χ1) is 8.90. The van der Waals surface area contributed by atoms with Gasteiger partial charge in [-0.15, -0.1) is 0 Å². The molecule has 0 aliphatic carbocycles. The Bertz CT molecular complexity index is 524. The molecule has 4 N–H and O–H groups in total. The summed E-state index contributed by atoms with van der Waals surface area (Å²) in [6, 6.07) is 1.31. The standard InChI is InChI=1S/C10H17ClN4O2S2/c1-7(18-2)3-4-14-19(16,17)8-5-9(11)10(15-12)13-6-8/h5-7,14H,3-4,12H2,1-2H3,(H,13,15). The van der Waals surface area contributed by atoms with Crippen molar-refractivity contribution in [1.82, 2.24) is 9.71 Å². The maximum atomic E-state index is 12.0. The normalized spacial score (nSPS) is 13.3. The number of nitrogens with two attached hydrogens (primary N) is 1. The van der Waals surface area contributed by atoms with Gasteiger partial charge in [-0.05, 0) is 18.7 Å². The maximum Gasteiger partial charge on any atom is 0.242 e. The Morgan fingerprint density at radius 2 is 2.26 bits per heavy atom. The molecule has 0 aliphatic heterocycles. The Labute approximate surface area is 122 Å². The Balaban J connectivity index is 2.75. The molecule has 0 aliphatic rings. The van der Waals surface area contributed by atoms with E-state index in [1.165, 1.54) is 12.3 Å². The van der Waals surface area contributed by atoms with E-state index < -0.39 is 10.0 Å². The van der Waals surface area contributed by atoms with E-state index in [0.29, 0.717) is 11.8 Å². The van der Waals surface area contributed by atoms with Gasteiger partial charge in [0, 0.05) is 18.0 Å². The molecule has 0 saturated heterocycles. The second-order valence-electron chi connectivity index (χ2n) is 3.88. The highest BCUT2D eigenvalue weighted by atomic mass is 35.5. The molecular formula is C10H17ClN4O2S2. The molecular weight excluding hydrogens is 308 g/mol. The lowest BCUT2D eigenvalue weighted by Gasteiger charge is -2.10. The Kier molecular flexibility index (Phi) is 6.34. The van der Waals surface area contributed by atoms with Crippen LogP contribution < -0.4 is 16.0 Å². The van der Waals surface area contributed by atoms with E-state index in [4.69, 9.17) is 17.4 Å². The molecule has 0 bridgehead atoms. The van der Waals surface area contributed by atoms with Crippen LogP contribution in [0, 0.1) is 0 Å². The van der Waals surface area contributed by atoms with Gasteiger partial charge in [0.1, 0.15) is 4.90 Å². The van der Waals surface area contributed by atoms with E-state index in [1.807, 2.05) is 13.2 Å². The van der Waals surface area contributed by atoms with Crippen LogP contribution in [0.5, 0.6) is 0 Å². The number of hydrogen-bond acceptors (Lipinski definition) is 6. The van der Waals surface area contributed by atoms with Gasteiger partial charge in [-0.25, -0.2) is 24.0 Å². The van der Waals surface area contributed by atoms with E-state index in [-0.39, 0.29) is 15.7 Å². The minimum absolute atomic E-state index is 0.0216. The molecule has 6 nitrogen and oxygen atoms in total. The van der Waals surface area contributed by atoms with Crippen molar-refractivity contribution in [2.75, 3.05) is 18.2 Å². The van der Waals surface area contributed by atoms with Crippen LogP contribution in [0.2, 0.25) is 5.02 Å². The highest BCUT2D eigenvalue weighted by Crippen LogP contribution is 2.21. The number of nitrogens with zero attached hydrogens (tertiary/aromatic N) is 1. The number of sulfonamides is 1. The molecule has 0 saturated carbocycles. The summed E-state index contributed by atoms with van der Waals surface area (Å²) in [6.07, 6.45) is 3.95. The summed E-state index contributed by atoms with van der Waals surface area (Å²) < 4.78 is 26.5. The van der Waals surface area contributed by atoms with Crippen molar-refractivity contribution < 1.29 is 8.42 Å². The second kappa shape index (κ2) is 7.30. The second-order valence-corrected chi connectivity index (χ2v) is 7.33. The summed E-state index contributed by atoms with van der Waals surface area (Å²) >= 11 is 7.53. The Morgan fingerprint density at radius 3 is 2.79 bits per heavy atom. The van der Waals surface area contributed by atoms with Gasteiger partial charge in [0.25, 0.3) is 0 Å². The molecule has 1 aromatic rings. The van der Waals surface area contributed by atoms with E-state index in [9.17, 15) is 8.42 Å². The molecule has 1 heterocycles. The average Bonchev–Trinajstić information content (AvgIpc) is 2.38. The predicted octanol–water partition coefficient (Wildman–Crippen LogP) is 1.44. The molecule has 1 atom stereocenters. The van der Waals surface area contributed by atoms with E-state index in [1.54, 1.807) is 11.8 Å². The van der Waals surface area contributed by atoms with E-state index in [2.05, 4.69) is 15.1 Å². The number of hydrazine groups is 1. The molecule has 1 rings (SSSR count). The SMILES string of the molecule is CSC(C)CCNS(=O)(=O)c1cnc(NN)c(Cl)c1. The fourth-order valence-corrected chi connectivity index (χ4v) is 2.93. The average molecular weight is 325 g/mol. The van der Waals surface area contributed by atoms with Crippen molar-refractivity contribution in [3.63, 3.8) is 0 Å². The molecule has 0 amide bonds. The monoisotopic (exact) mass is 324 g/mol. The third-order valence-electron chi connectivity index (χ3n) is 2.51. The smallest absolute Gasteiger partial charge is 0.242 e. The van der Waals surface area contributed by atoms with Gasteiger partial charge in [-0.1, -0.05) is 18.5 Å². The van der Waals surface area contributed by atoms with Gasteiger partial charge in [0.2, 0.25) is 10.0 Å². The van der Waals surface area contributed by atoms with Crippen molar-refractivity contribution in [2.45, 2.75) is 23.5 Å². The zero-order chi connectivity index (χ0) is 14.5. The van der Waals surface area contributed by atoms with E-state index >= 15 is 0 Å². The summed E-state index contributed by atoms with van der Waals surface area (Å²) in [7, 11) is -3.59. The lowest BCUT2D eigenvalue weighted by Crippen LogP contribution is -2.26. The van der Waals surface area contributed by atoms with Crippen molar-refractivity contribution in [2.24, 2.45) is 5.84 Å². The van der Waals surface area contributed by atoms with Crippen molar-refractivity contribution in [1.29, 1.82) is 0 Å². The van der Waals surface area contributed by atoms with Gasteiger partial charge < -0.3 is 5.43 Å². The van der Waals surface area contributed by atoms with Gasteiger partial charge >= 0.3 is 0 Å². The highest BCUT2D eigenvalue weighted by molar-refractivity contribution is 7.99.